The molecule has 0 bridgehead atoms. The van der Waals surface area contributed by atoms with Crippen LogP contribution in [0.3, 0.4) is 0 Å². The Balaban J connectivity index is 1.36. The average molecular weight is 340 g/mol. The molecule has 1 aliphatic carbocycles. The number of aryl methyl sites for hydroxylation is 2. The Bertz CT molecular complexity index is 725. The van der Waals surface area contributed by atoms with E-state index in [1.165, 1.54) is 24.0 Å². The van der Waals surface area contributed by atoms with E-state index in [0.29, 0.717) is 31.5 Å². The van der Waals surface area contributed by atoms with Gasteiger partial charge in [0.25, 0.3) is 0 Å². The summed E-state index contributed by atoms with van der Waals surface area (Å²) in [6.07, 6.45) is 9.33. The number of fused-ring (bicyclic) bond motifs is 1. The van der Waals surface area contributed by atoms with Gasteiger partial charge in [0.2, 0.25) is 11.8 Å². The minimum Gasteiger partial charge on any atom is -0.356 e. The number of aromatic nitrogens is 2. The summed E-state index contributed by atoms with van der Waals surface area (Å²) >= 11 is 0. The smallest absolute Gasteiger partial charge is 0.224 e. The minimum atomic E-state index is -0.0784. The van der Waals surface area contributed by atoms with Gasteiger partial charge in [0.1, 0.15) is 0 Å². The molecule has 2 aromatic rings. The Morgan fingerprint density at radius 3 is 2.76 bits per heavy atom. The van der Waals surface area contributed by atoms with Crippen LogP contribution in [-0.4, -0.2) is 28.6 Å². The summed E-state index contributed by atoms with van der Waals surface area (Å²) < 4.78 is 0. The van der Waals surface area contributed by atoms with Gasteiger partial charge in [-0.1, -0.05) is 18.2 Å². The van der Waals surface area contributed by atoms with Crippen molar-refractivity contribution < 1.29 is 9.59 Å². The molecule has 6 nitrogen and oxygen atoms in total. The topological polar surface area (TPSA) is 86.9 Å². The van der Waals surface area contributed by atoms with Crippen molar-refractivity contribution in [3.8, 4) is 0 Å². The highest BCUT2D eigenvalue weighted by Gasteiger charge is 2.11. The molecule has 0 spiro atoms. The van der Waals surface area contributed by atoms with E-state index in [4.69, 9.17) is 0 Å². The maximum atomic E-state index is 12.1. The van der Waals surface area contributed by atoms with Gasteiger partial charge in [0.05, 0.1) is 18.3 Å². The van der Waals surface area contributed by atoms with Crippen LogP contribution in [-0.2, 0) is 28.9 Å². The van der Waals surface area contributed by atoms with Crippen LogP contribution in [0.4, 0.5) is 5.69 Å². The summed E-state index contributed by atoms with van der Waals surface area (Å²) in [6.45, 7) is 0.503. The minimum absolute atomic E-state index is 0.00556. The molecule has 0 radical (unpaired) electrons. The maximum Gasteiger partial charge on any atom is 0.224 e. The van der Waals surface area contributed by atoms with E-state index in [2.05, 4.69) is 39.0 Å². The van der Waals surface area contributed by atoms with Crippen LogP contribution in [0.5, 0.6) is 0 Å². The Labute approximate surface area is 147 Å². The molecule has 0 saturated heterocycles. The van der Waals surface area contributed by atoms with E-state index in [1.54, 1.807) is 12.4 Å². The predicted octanol–water partition coefficient (Wildman–Crippen LogP) is 2.37. The monoisotopic (exact) mass is 340 g/mol. The van der Waals surface area contributed by atoms with Crippen LogP contribution in [0.15, 0.2) is 30.6 Å². The van der Waals surface area contributed by atoms with E-state index in [-0.39, 0.29) is 11.8 Å². The first-order valence-electron chi connectivity index (χ1n) is 8.87. The number of hydrogen-bond acceptors (Lipinski definition) is 3. The molecule has 1 aromatic heterocycles. The second kappa shape index (κ2) is 8.46. The first-order chi connectivity index (χ1) is 12.2. The summed E-state index contributed by atoms with van der Waals surface area (Å²) in [6, 6.07) is 6.39. The summed E-state index contributed by atoms with van der Waals surface area (Å²) in [4.78, 5) is 23.8. The van der Waals surface area contributed by atoms with E-state index in [1.807, 2.05) is 0 Å². The maximum absolute atomic E-state index is 12.1. The lowest BCUT2D eigenvalue weighted by atomic mass is 9.90. The van der Waals surface area contributed by atoms with Gasteiger partial charge in [0, 0.05) is 19.2 Å². The zero-order chi connectivity index (χ0) is 17.5. The molecule has 2 amide bonds. The summed E-state index contributed by atoms with van der Waals surface area (Å²) in [5.74, 6) is -0.0728. The van der Waals surface area contributed by atoms with Crippen molar-refractivity contribution in [3.05, 3.63) is 47.3 Å². The van der Waals surface area contributed by atoms with Gasteiger partial charge in [-0.3, -0.25) is 14.7 Å². The molecule has 25 heavy (non-hydrogen) atoms. The SMILES string of the molecule is O=C(Cc1ccc2c(c1)CCCC2)NCCCC(=O)Nc1cn[nH]c1. The van der Waals surface area contributed by atoms with Gasteiger partial charge in [0.15, 0.2) is 0 Å². The lowest BCUT2D eigenvalue weighted by molar-refractivity contribution is -0.121. The van der Waals surface area contributed by atoms with Crippen molar-refractivity contribution in [2.45, 2.75) is 44.9 Å². The van der Waals surface area contributed by atoms with Crippen molar-refractivity contribution in [3.63, 3.8) is 0 Å². The van der Waals surface area contributed by atoms with Crippen LogP contribution in [0.2, 0.25) is 0 Å². The Morgan fingerprint density at radius 1 is 1.12 bits per heavy atom. The predicted molar refractivity (Wildman–Crippen MR) is 96.2 cm³/mol. The van der Waals surface area contributed by atoms with E-state index >= 15 is 0 Å². The van der Waals surface area contributed by atoms with Gasteiger partial charge in [-0.05, 0) is 48.8 Å². The molecule has 3 N–H and O–H groups in total. The van der Waals surface area contributed by atoms with Gasteiger partial charge < -0.3 is 10.6 Å². The number of anilines is 1. The highest BCUT2D eigenvalue weighted by Crippen LogP contribution is 2.22. The van der Waals surface area contributed by atoms with Crippen molar-refractivity contribution in [1.29, 1.82) is 0 Å². The number of aromatic amines is 1. The third-order valence-electron chi connectivity index (χ3n) is 4.46. The number of nitrogens with zero attached hydrogens (tertiary/aromatic N) is 1. The summed E-state index contributed by atoms with van der Waals surface area (Å²) in [5.41, 5.74) is 4.55. The Kier molecular flexibility index (Phi) is 5.82. The molecule has 132 valence electrons. The average Bonchev–Trinajstić information content (AvgIpc) is 3.11. The van der Waals surface area contributed by atoms with Crippen LogP contribution in [0, 0.1) is 0 Å². The lowest BCUT2D eigenvalue weighted by Gasteiger charge is -2.16. The number of carbonyl (C=O) groups is 2. The molecule has 0 atom stereocenters. The number of hydrogen-bond donors (Lipinski definition) is 3. The fourth-order valence-electron chi connectivity index (χ4n) is 3.16. The molecular weight excluding hydrogens is 316 g/mol. The van der Waals surface area contributed by atoms with Gasteiger partial charge in [-0.2, -0.15) is 5.10 Å². The van der Waals surface area contributed by atoms with Crippen molar-refractivity contribution in [2.24, 2.45) is 0 Å². The van der Waals surface area contributed by atoms with Gasteiger partial charge in [-0.15, -0.1) is 0 Å². The highest BCUT2D eigenvalue weighted by atomic mass is 16.2. The third-order valence-corrected chi connectivity index (χ3v) is 4.46. The zero-order valence-corrected chi connectivity index (χ0v) is 14.3. The Morgan fingerprint density at radius 2 is 1.96 bits per heavy atom. The Hall–Kier alpha value is -2.63. The van der Waals surface area contributed by atoms with E-state index < -0.39 is 0 Å². The first-order valence-corrected chi connectivity index (χ1v) is 8.87. The van der Waals surface area contributed by atoms with Crippen LogP contribution >= 0.6 is 0 Å². The molecule has 6 heteroatoms. The van der Waals surface area contributed by atoms with Crippen LogP contribution < -0.4 is 10.6 Å². The van der Waals surface area contributed by atoms with Gasteiger partial charge >= 0.3 is 0 Å². The molecule has 0 saturated carbocycles. The van der Waals surface area contributed by atoms with Crippen molar-refractivity contribution in [1.82, 2.24) is 15.5 Å². The fraction of sp³-hybridized carbons (Fsp3) is 0.421. The van der Waals surface area contributed by atoms with E-state index in [0.717, 1.165) is 18.4 Å². The number of rotatable bonds is 7. The standard InChI is InChI=1S/C19H24N4O2/c24-18(23-17-12-21-22-13-17)6-3-9-20-19(25)11-14-7-8-15-4-1-2-5-16(15)10-14/h7-8,10,12-13H,1-6,9,11H2,(H,20,25)(H,21,22)(H,23,24). The van der Waals surface area contributed by atoms with Gasteiger partial charge in [-0.25, -0.2) is 0 Å². The quantitative estimate of drug-likeness (QED) is 0.676. The molecule has 0 aliphatic heterocycles. The second-order valence-electron chi connectivity index (χ2n) is 6.48. The number of carbonyl (C=O) groups excluding carboxylic acids is 2. The number of H-pyrrole nitrogens is 1. The normalized spacial score (nSPS) is 13.1. The molecule has 0 unspecified atom stereocenters. The largest absolute Gasteiger partial charge is 0.356 e. The summed E-state index contributed by atoms with van der Waals surface area (Å²) in [7, 11) is 0. The molecule has 0 fully saturated rings. The molecule has 3 rings (SSSR count). The fourth-order valence-corrected chi connectivity index (χ4v) is 3.16. The number of amides is 2. The van der Waals surface area contributed by atoms with Crippen LogP contribution in [0.25, 0.3) is 0 Å². The van der Waals surface area contributed by atoms with E-state index in [9.17, 15) is 9.59 Å². The number of nitrogens with one attached hydrogen (secondary N) is 3. The van der Waals surface area contributed by atoms with Crippen molar-refractivity contribution >= 4 is 17.5 Å². The third kappa shape index (κ3) is 5.17. The second-order valence-corrected chi connectivity index (χ2v) is 6.48. The molecule has 1 aromatic carbocycles. The summed E-state index contributed by atoms with van der Waals surface area (Å²) in [5, 5.41) is 12.0. The highest BCUT2D eigenvalue weighted by molar-refractivity contribution is 5.90. The van der Waals surface area contributed by atoms with Crippen molar-refractivity contribution in [2.75, 3.05) is 11.9 Å². The first kappa shape index (κ1) is 17.2. The molecule has 1 aliphatic rings. The lowest BCUT2D eigenvalue weighted by Crippen LogP contribution is -2.27. The molecule has 1 heterocycles. The molecular formula is C19H24N4O2. The number of benzene rings is 1. The zero-order valence-electron chi connectivity index (χ0n) is 14.3. The van der Waals surface area contributed by atoms with Crippen LogP contribution in [0.1, 0.15) is 42.4 Å².